The van der Waals surface area contributed by atoms with Gasteiger partial charge in [-0.1, -0.05) is 0 Å². The molecule has 2 rings (SSSR count). The highest BCUT2D eigenvalue weighted by Crippen LogP contribution is 2.38. The zero-order valence-corrected chi connectivity index (χ0v) is 16.2. The van der Waals surface area contributed by atoms with Crippen LogP contribution in [0.2, 0.25) is 0 Å². The highest BCUT2D eigenvalue weighted by molar-refractivity contribution is 7.80. The van der Waals surface area contributed by atoms with Crippen LogP contribution in [0.5, 0.6) is 23.0 Å². The first kappa shape index (κ1) is 21.4. The Morgan fingerprint density at radius 2 is 1.54 bits per heavy atom. The smallest absolute Gasteiger partial charge is 0.493 e. The molecule has 152 valence electrons. The highest BCUT2D eigenvalue weighted by atomic mass is 32.1. The summed E-state index contributed by atoms with van der Waals surface area (Å²) in [7, 11) is 4.56. The van der Waals surface area contributed by atoms with Crippen LogP contribution in [0.4, 0.5) is 18.9 Å². The monoisotopic (exact) mass is 416 g/mol. The molecule has 0 saturated carbocycles. The zero-order chi connectivity index (χ0) is 20.7. The van der Waals surface area contributed by atoms with E-state index in [9.17, 15) is 13.2 Å². The Bertz CT molecular complexity index is 788. The topological polar surface area (TPSA) is 61.0 Å². The predicted octanol–water partition coefficient (Wildman–Crippen LogP) is 4.10. The number of halogens is 3. The van der Waals surface area contributed by atoms with E-state index in [2.05, 4.69) is 15.4 Å². The molecule has 0 atom stereocenters. The molecule has 0 heterocycles. The number of anilines is 1. The van der Waals surface area contributed by atoms with E-state index in [1.807, 2.05) is 0 Å². The molecule has 0 saturated heterocycles. The fraction of sp³-hybridized carbons (Fsp3) is 0.278. The summed E-state index contributed by atoms with van der Waals surface area (Å²) in [5, 5.41) is 6.17. The number of alkyl halides is 3. The third-order valence-electron chi connectivity index (χ3n) is 3.52. The Hall–Kier alpha value is -2.88. The van der Waals surface area contributed by atoms with Crippen molar-refractivity contribution in [3.8, 4) is 23.0 Å². The second-order valence-electron chi connectivity index (χ2n) is 5.41. The van der Waals surface area contributed by atoms with E-state index >= 15 is 0 Å². The van der Waals surface area contributed by atoms with Crippen molar-refractivity contribution in [1.82, 2.24) is 5.32 Å². The minimum absolute atomic E-state index is 0.290. The van der Waals surface area contributed by atoms with Gasteiger partial charge in [0, 0.05) is 12.2 Å². The fourth-order valence-corrected chi connectivity index (χ4v) is 2.53. The van der Waals surface area contributed by atoms with E-state index in [0.29, 0.717) is 34.6 Å². The maximum atomic E-state index is 12.2. The first-order valence-electron chi connectivity index (χ1n) is 7.95. The van der Waals surface area contributed by atoms with Crippen molar-refractivity contribution < 1.29 is 32.1 Å². The van der Waals surface area contributed by atoms with Crippen molar-refractivity contribution in [1.29, 1.82) is 0 Å². The third kappa shape index (κ3) is 6.08. The lowest BCUT2D eigenvalue weighted by Gasteiger charge is -2.15. The predicted molar refractivity (Wildman–Crippen MR) is 102 cm³/mol. The van der Waals surface area contributed by atoms with Crippen molar-refractivity contribution in [3.63, 3.8) is 0 Å². The van der Waals surface area contributed by atoms with Crippen molar-refractivity contribution in [3.05, 3.63) is 42.0 Å². The van der Waals surface area contributed by atoms with E-state index in [0.717, 1.165) is 5.56 Å². The first-order valence-corrected chi connectivity index (χ1v) is 8.36. The van der Waals surface area contributed by atoms with Crippen LogP contribution in [0.25, 0.3) is 0 Å². The summed E-state index contributed by atoms with van der Waals surface area (Å²) < 4.78 is 56.2. The van der Waals surface area contributed by atoms with Crippen LogP contribution in [0.1, 0.15) is 5.56 Å². The van der Waals surface area contributed by atoms with Crippen molar-refractivity contribution in [2.75, 3.05) is 26.6 Å². The van der Waals surface area contributed by atoms with Crippen LogP contribution < -0.4 is 29.6 Å². The van der Waals surface area contributed by atoms with E-state index in [-0.39, 0.29) is 5.75 Å². The van der Waals surface area contributed by atoms with Gasteiger partial charge in [0.1, 0.15) is 5.75 Å². The fourth-order valence-electron chi connectivity index (χ4n) is 2.34. The summed E-state index contributed by atoms with van der Waals surface area (Å²) >= 11 is 5.21. The molecular formula is C18H19F3N2O4S. The van der Waals surface area contributed by atoms with Gasteiger partial charge in [-0.25, -0.2) is 0 Å². The highest BCUT2D eigenvalue weighted by Gasteiger charge is 2.30. The number of thiocarbonyl (C=S) groups is 1. The second kappa shape index (κ2) is 9.36. The largest absolute Gasteiger partial charge is 0.573 e. The first-order chi connectivity index (χ1) is 13.3. The molecule has 28 heavy (non-hydrogen) atoms. The van der Waals surface area contributed by atoms with Crippen LogP contribution in [-0.2, 0) is 6.54 Å². The summed E-state index contributed by atoms with van der Waals surface area (Å²) in [5.41, 5.74) is 1.34. The van der Waals surface area contributed by atoms with E-state index in [1.165, 1.54) is 45.6 Å². The molecular weight excluding hydrogens is 397 g/mol. The van der Waals surface area contributed by atoms with Gasteiger partial charge in [0.25, 0.3) is 0 Å². The van der Waals surface area contributed by atoms with Gasteiger partial charge in [-0.3, -0.25) is 0 Å². The summed E-state index contributed by atoms with van der Waals surface area (Å²) in [5.74, 6) is 1.19. The number of ether oxygens (including phenoxy) is 4. The van der Waals surface area contributed by atoms with Gasteiger partial charge >= 0.3 is 6.36 Å². The maximum Gasteiger partial charge on any atom is 0.573 e. The van der Waals surface area contributed by atoms with Gasteiger partial charge in [0.2, 0.25) is 5.75 Å². The Balaban J connectivity index is 1.97. The van der Waals surface area contributed by atoms with E-state index in [1.54, 1.807) is 12.1 Å². The Morgan fingerprint density at radius 1 is 0.964 bits per heavy atom. The summed E-state index contributed by atoms with van der Waals surface area (Å²) in [6.07, 6.45) is -4.73. The molecule has 0 spiro atoms. The third-order valence-corrected chi connectivity index (χ3v) is 3.77. The maximum absolute atomic E-state index is 12.2. The molecule has 0 aliphatic carbocycles. The molecule has 10 heteroatoms. The molecule has 0 fully saturated rings. The molecule has 0 amide bonds. The van der Waals surface area contributed by atoms with Crippen LogP contribution >= 0.6 is 12.2 Å². The van der Waals surface area contributed by atoms with Crippen molar-refractivity contribution in [2.45, 2.75) is 12.9 Å². The van der Waals surface area contributed by atoms with Crippen LogP contribution in [-0.4, -0.2) is 32.8 Å². The van der Waals surface area contributed by atoms with Gasteiger partial charge in [-0.15, -0.1) is 13.2 Å². The summed E-state index contributed by atoms with van der Waals surface area (Å²) in [6, 6.07) is 8.79. The van der Waals surface area contributed by atoms with Gasteiger partial charge < -0.3 is 29.6 Å². The zero-order valence-electron chi connectivity index (χ0n) is 15.3. The van der Waals surface area contributed by atoms with E-state index < -0.39 is 6.36 Å². The molecule has 2 aromatic carbocycles. The van der Waals surface area contributed by atoms with Gasteiger partial charge in [0.15, 0.2) is 16.6 Å². The summed E-state index contributed by atoms with van der Waals surface area (Å²) in [4.78, 5) is 0. The number of hydrogen-bond donors (Lipinski definition) is 2. The van der Waals surface area contributed by atoms with Gasteiger partial charge in [-0.05, 0) is 54.2 Å². The van der Waals surface area contributed by atoms with Crippen LogP contribution in [0, 0.1) is 0 Å². The average Bonchev–Trinajstić information content (AvgIpc) is 2.65. The van der Waals surface area contributed by atoms with Gasteiger partial charge in [-0.2, -0.15) is 0 Å². The molecule has 0 bridgehead atoms. The number of hydrogen-bond acceptors (Lipinski definition) is 5. The Morgan fingerprint density at radius 3 is 2.00 bits per heavy atom. The second-order valence-corrected chi connectivity index (χ2v) is 5.82. The van der Waals surface area contributed by atoms with Crippen molar-refractivity contribution >= 4 is 23.0 Å². The SMILES string of the molecule is COc1cc(CNC(=S)Nc2ccc(OC(F)(F)F)cc2)cc(OC)c1OC. The molecule has 6 nitrogen and oxygen atoms in total. The quantitative estimate of drug-likeness (QED) is 0.659. The molecule has 0 aliphatic heterocycles. The lowest BCUT2D eigenvalue weighted by atomic mass is 10.2. The number of methoxy groups -OCH3 is 3. The molecule has 0 unspecified atom stereocenters. The number of benzene rings is 2. The van der Waals surface area contributed by atoms with E-state index in [4.69, 9.17) is 26.4 Å². The molecule has 0 aromatic heterocycles. The minimum atomic E-state index is -4.73. The normalized spacial score (nSPS) is 10.8. The Labute approximate surface area is 165 Å². The lowest BCUT2D eigenvalue weighted by molar-refractivity contribution is -0.274. The molecule has 2 aromatic rings. The molecule has 0 radical (unpaired) electrons. The summed E-state index contributed by atoms with van der Waals surface area (Å²) in [6.45, 7) is 0.359. The molecule has 0 aliphatic rings. The van der Waals surface area contributed by atoms with Crippen molar-refractivity contribution in [2.24, 2.45) is 0 Å². The average molecular weight is 416 g/mol. The van der Waals surface area contributed by atoms with Gasteiger partial charge in [0.05, 0.1) is 21.3 Å². The molecule has 2 N–H and O–H groups in total. The van der Waals surface area contributed by atoms with Crippen LogP contribution in [0.15, 0.2) is 36.4 Å². The minimum Gasteiger partial charge on any atom is -0.493 e. The number of rotatable bonds is 7. The Kier molecular flexibility index (Phi) is 7.16. The van der Waals surface area contributed by atoms with Crippen LogP contribution in [0.3, 0.4) is 0 Å². The lowest BCUT2D eigenvalue weighted by Crippen LogP contribution is -2.27. The number of nitrogens with one attached hydrogen (secondary N) is 2. The standard InChI is InChI=1S/C18H19F3N2O4S/c1-24-14-8-11(9-15(25-2)16(14)26-3)10-22-17(28)23-12-4-6-13(7-5-12)27-18(19,20)21/h4-9H,10H2,1-3H3,(H2,22,23,28).